The summed E-state index contributed by atoms with van der Waals surface area (Å²) in [7, 11) is 0. The van der Waals surface area contributed by atoms with Crippen molar-refractivity contribution >= 4 is 17.9 Å². The number of amides is 1. The third-order valence-corrected chi connectivity index (χ3v) is 2.86. The first kappa shape index (κ1) is 12.1. The topological polar surface area (TPSA) is 99.0 Å². The molecule has 0 aromatic carbocycles. The molecule has 0 N–H and O–H groups in total. The lowest BCUT2D eigenvalue weighted by atomic mass is 10.1. The van der Waals surface area contributed by atoms with Crippen LogP contribution in [0.25, 0.3) is 10.4 Å². The van der Waals surface area contributed by atoms with Crippen LogP contribution in [0.3, 0.4) is 0 Å². The fraction of sp³-hybridized carbons (Fsp3) is 0.364. The normalized spacial score (nSPS) is 18.6. The molecule has 1 aliphatic heterocycles. The number of nitrogens with zero attached hydrogens (tertiary/aromatic N) is 5. The molecular formula is C11H11N5O2. The summed E-state index contributed by atoms with van der Waals surface area (Å²) in [4.78, 5) is 30.9. The Morgan fingerprint density at radius 3 is 3.22 bits per heavy atom. The van der Waals surface area contributed by atoms with E-state index in [1.165, 1.54) is 17.3 Å². The highest BCUT2D eigenvalue weighted by atomic mass is 16.2. The smallest absolute Gasteiger partial charge is 0.227 e. The van der Waals surface area contributed by atoms with Gasteiger partial charge in [-0.2, -0.15) is 0 Å². The number of pyridine rings is 1. The maximum atomic E-state index is 11.9. The molecule has 1 aliphatic rings. The number of carbonyl (C=O) groups excluding carboxylic acids is 2. The van der Waals surface area contributed by atoms with Crippen LogP contribution >= 0.6 is 0 Å². The third kappa shape index (κ3) is 2.31. The number of carbonyl (C=O) groups is 2. The first-order valence-corrected chi connectivity index (χ1v) is 5.46. The molecule has 0 spiro atoms. The van der Waals surface area contributed by atoms with Crippen molar-refractivity contribution in [1.29, 1.82) is 0 Å². The molecule has 0 aliphatic carbocycles. The highest BCUT2D eigenvalue weighted by molar-refractivity contribution is 5.99. The van der Waals surface area contributed by atoms with Crippen molar-refractivity contribution in [2.24, 2.45) is 11.0 Å². The molecule has 7 heteroatoms. The van der Waals surface area contributed by atoms with E-state index < -0.39 is 0 Å². The fourth-order valence-electron chi connectivity index (χ4n) is 2.01. The second-order valence-electron chi connectivity index (χ2n) is 4.04. The fourth-order valence-corrected chi connectivity index (χ4v) is 2.01. The van der Waals surface area contributed by atoms with E-state index >= 15 is 0 Å². The van der Waals surface area contributed by atoms with Gasteiger partial charge in [-0.05, 0) is 17.5 Å². The zero-order valence-corrected chi connectivity index (χ0v) is 9.56. The quantitative estimate of drug-likeness (QED) is 0.348. The summed E-state index contributed by atoms with van der Waals surface area (Å²) >= 11 is 0. The Bertz CT molecular complexity index is 524. The molecule has 1 aromatic heterocycles. The second-order valence-corrected chi connectivity index (χ2v) is 4.04. The monoisotopic (exact) mass is 245 g/mol. The number of aldehydes is 1. The molecule has 2 heterocycles. The zero-order valence-electron chi connectivity index (χ0n) is 9.56. The van der Waals surface area contributed by atoms with Gasteiger partial charge in [0.15, 0.2) is 6.29 Å². The van der Waals surface area contributed by atoms with Gasteiger partial charge in [0.25, 0.3) is 0 Å². The van der Waals surface area contributed by atoms with Crippen LogP contribution in [-0.4, -0.2) is 30.3 Å². The van der Waals surface area contributed by atoms with Crippen molar-refractivity contribution in [1.82, 2.24) is 4.98 Å². The largest absolute Gasteiger partial charge is 0.310 e. The predicted octanol–water partition coefficient (Wildman–Crippen LogP) is 1.56. The van der Waals surface area contributed by atoms with Crippen LogP contribution in [-0.2, 0) is 4.79 Å². The lowest BCUT2D eigenvalue weighted by Crippen LogP contribution is -2.26. The molecule has 1 amide bonds. The lowest BCUT2D eigenvalue weighted by Gasteiger charge is -2.17. The molecule has 1 atom stereocenters. The molecule has 0 saturated carbocycles. The number of hydrogen-bond acceptors (Lipinski definition) is 4. The highest BCUT2D eigenvalue weighted by Gasteiger charge is 2.31. The summed E-state index contributed by atoms with van der Waals surface area (Å²) in [6.45, 7) is 0.736. The van der Waals surface area contributed by atoms with Crippen LogP contribution in [0.1, 0.15) is 16.8 Å². The van der Waals surface area contributed by atoms with Crippen LogP contribution in [0.2, 0.25) is 0 Å². The average molecular weight is 245 g/mol. The van der Waals surface area contributed by atoms with E-state index in [2.05, 4.69) is 15.0 Å². The van der Waals surface area contributed by atoms with E-state index in [4.69, 9.17) is 5.53 Å². The summed E-state index contributed by atoms with van der Waals surface area (Å²) in [5.74, 6) is -0.0858. The SMILES string of the molecule is [N-]=[N+]=NCC1CC(=O)N(c2cnccc2C=O)C1. The van der Waals surface area contributed by atoms with Crippen LogP contribution in [0.4, 0.5) is 5.69 Å². The summed E-state index contributed by atoms with van der Waals surface area (Å²) < 4.78 is 0. The van der Waals surface area contributed by atoms with Gasteiger partial charge < -0.3 is 4.90 Å². The van der Waals surface area contributed by atoms with Gasteiger partial charge >= 0.3 is 0 Å². The van der Waals surface area contributed by atoms with Crippen molar-refractivity contribution in [3.63, 3.8) is 0 Å². The van der Waals surface area contributed by atoms with Crippen molar-refractivity contribution in [3.8, 4) is 0 Å². The Balaban J connectivity index is 2.21. The summed E-state index contributed by atoms with van der Waals surface area (Å²) in [5, 5.41) is 3.48. The van der Waals surface area contributed by atoms with E-state index in [1.54, 1.807) is 6.07 Å². The van der Waals surface area contributed by atoms with Crippen molar-refractivity contribution in [2.75, 3.05) is 18.0 Å². The van der Waals surface area contributed by atoms with E-state index in [9.17, 15) is 9.59 Å². The van der Waals surface area contributed by atoms with Crippen LogP contribution in [0, 0.1) is 5.92 Å². The van der Waals surface area contributed by atoms with Crippen molar-refractivity contribution in [3.05, 3.63) is 34.5 Å². The predicted molar refractivity (Wildman–Crippen MR) is 64.1 cm³/mol. The summed E-state index contributed by atoms with van der Waals surface area (Å²) in [5.41, 5.74) is 9.21. The van der Waals surface area contributed by atoms with Crippen LogP contribution in [0.15, 0.2) is 23.6 Å². The highest BCUT2D eigenvalue weighted by Crippen LogP contribution is 2.26. The Morgan fingerprint density at radius 2 is 2.50 bits per heavy atom. The van der Waals surface area contributed by atoms with Gasteiger partial charge in [-0.25, -0.2) is 0 Å². The Morgan fingerprint density at radius 1 is 1.67 bits per heavy atom. The van der Waals surface area contributed by atoms with E-state index in [0.717, 1.165) is 0 Å². The number of hydrogen-bond donors (Lipinski definition) is 0. The van der Waals surface area contributed by atoms with Crippen molar-refractivity contribution < 1.29 is 9.59 Å². The van der Waals surface area contributed by atoms with Crippen LogP contribution < -0.4 is 4.90 Å². The van der Waals surface area contributed by atoms with Gasteiger partial charge in [-0.1, -0.05) is 5.11 Å². The van der Waals surface area contributed by atoms with E-state index in [0.29, 0.717) is 30.5 Å². The maximum absolute atomic E-state index is 11.9. The minimum atomic E-state index is -0.0794. The lowest BCUT2D eigenvalue weighted by molar-refractivity contribution is -0.117. The standard InChI is InChI=1S/C11H11N5O2/c12-15-14-4-8-3-11(18)16(6-8)10-5-13-2-1-9(10)7-17/h1-2,5,7-8H,3-4,6H2. The zero-order chi connectivity index (χ0) is 13.0. The molecule has 1 aromatic rings. The summed E-state index contributed by atoms with van der Waals surface area (Å²) in [6, 6.07) is 1.57. The molecular weight excluding hydrogens is 234 g/mol. The molecule has 1 fully saturated rings. The minimum absolute atomic E-state index is 0.00638. The molecule has 0 radical (unpaired) electrons. The minimum Gasteiger partial charge on any atom is -0.310 e. The Labute approximate surface area is 103 Å². The Hall–Kier alpha value is -2.40. The molecule has 1 unspecified atom stereocenters. The van der Waals surface area contributed by atoms with Crippen LogP contribution in [0.5, 0.6) is 0 Å². The molecule has 18 heavy (non-hydrogen) atoms. The number of rotatable bonds is 4. The molecule has 92 valence electrons. The van der Waals surface area contributed by atoms with Gasteiger partial charge in [0.2, 0.25) is 5.91 Å². The maximum Gasteiger partial charge on any atom is 0.227 e. The Kier molecular flexibility index (Phi) is 3.54. The number of aromatic nitrogens is 1. The molecule has 1 saturated heterocycles. The molecule has 7 nitrogen and oxygen atoms in total. The average Bonchev–Trinajstić information content (AvgIpc) is 2.77. The van der Waals surface area contributed by atoms with Gasteiger partial charge in [0, 0.05) is 36.2 Å². The van der Waals surface area contributed by atoms with Gasteiger partial charge in [-0.3, -0.25) is 14.6 Å². The van der Waals surface area contributed by atoms with Gasteiger partial charge in [0.05, 0.1) is 11.9 Å². The number of azide groups is 1. The third-order valence-electron chi connectivity index (χ3n) is 2.86. The summed E-state index contributed by atoms with van der Waals surface area (Å²) in [6.07, 6.45) is 4.03. The first-order chi connectivity index (χ1) is 8.76. The van der Waals surface area contributed by atoms with E-state index in [-0.39, 0.29) is 18.4 Å². The number of anilines is 1. The molecule has 2 rings (SSSR count). The van der Waals surface area contributed by atoms with Gasteiger partial charge in [-0.15, -0.1) is 0 Å². The van der Waals surface area contributed by atoms with E-state index in [1.807, 2.05) is 0 Å². The molecule has 0 bridgehead atoms. The first-order valence-electron chi connectivity index (χ1n) is 5.46. The van der Waals surface area contributed by atoms with Gasteiger partial charge in [0.1, 0.15) is 0 Å². The van der Waals surface area contributed by atoms with Crippen molar-refractivity contribution in [2.45, 2.75) is 6.42 Å². The second kappa shape index (κ2) is 5.29.